The van der Waals surface area contributed by atoms with Crippen LogP contribution in [0.5, 0.6) is 0 Å². The molecule has 0 spiro atoms. The summed E-state index contributed by atoms with van der Waals surface area (Å²) in [6.07, 6.45) is 3.50. The zero-order valence-electron chi connectivity index (χ0n) is 9.74. The Labute approximate surface area is 103 Å². The fourth-order valence-corrected chi connectivity index (χ4v) is 1.65. The van der Waals surface area contributed by atoms with E-state index in [1.807, 2.05) is 36.0 Å². The third kappa shape index (κ3) is 1.84. The molecule has 3 aromatic rings. The lowest BCUT2D eigenvalue weighted by molar-refractivity contribution is 0.431. The Hall–Kier alpha value is -2.63. The number of hydrogen-bond donors (Lipinski definition) is 1. The molecule has 2 aromatic heterocycles. The molecule has 0 aliphatic carbocycles. The van der Waals surface area contributed by atoms with Crippen LogP contribution >= 0.6 is 0 Å². The van der Waals surface area contributed by atoms with E-state index in [1.54, 1.807) is 12.4 Å². The van der Waals surface area contributed by atoms with E-state index >= 15 is 0 Å². The van der Waals surface area contributed by atoms with E-state index in [4.69, 9.17) is 10.3 Å². The standard InChI is InChI=1S/C12H11N5O/c1-17-6-10(14-7-17)12-15-11(16-18-12)8-3-2-4-9(13)5-8/h2-7H,13H2,1H3. The van der Waals surface area contributed by atoms with Crippen LogP contribution in [0.1, 0.15) is 0 Å². The minimum atomic E-state index is 0.396. The van der Waals surface area contributed by atoms with E-state index < -0.39 is 0 Å². The van der Waals surface area contributed by atoms with E-state index in [0.29, 0.717) is 23.1 Å². The van der Waals surface area contributed by atoms with Gasteiger partial charge in [0.05, 0.1) is 6.33 Å². The molecule has 6 nitrogen and oxygen atoms in total. The average molecular weight is 241 g/mol. The van der Waals surface area contributed by atoms with Crippen LogP contribution in [0, 0.1) is 0 Å². The summed E-state index contributed by atoms with van der Waals surface area (Å²) >= 11 is 0. The Bertz CT molecular complexity index is 685. The van der Waals surface area contributed by atoms with Crippen LogP contribution in [0.3, 0.4) is 0 Å². The third-order valence-electron chi connectivity index (χ3n) is 2.49. The second-order valence-corrected chi connectivity index (χ2v) is 3.97. The number of hydrogen-bond acceptors (Lipinski definition) is 5. The van der Waals surface area contributed by atoms with Crippen molar-refractivity contribution in [1.29, 1.82) is 0 Å². The van der Waals surface area contributed by atoms with E-state index in [2.05, 4.69) is 15.1 Å². The van der Waals surface area contributed by atoms with Gasteiger partial charge in [-0.05, 0) is 12.1 Å². The predicted octanol–water partition coefficient (Wildman–Crippen LogP) is 1.72. The fraction of sp³-hybridized carbons (Fsp3) is 0.0833. The van der Waals surface area contributed by atoms with Gasteiger partial charge < -0.3 is 14.8 Å². The summed E-state index contributed by atoms with van der Waals surface area (Å²) in [7, 11) is 1.88. The highest BCUT2D eigenvalue weighted by molar-refractivity contribution is 5.62. The SMILES string of the molecule is Cn1cnc(-c2nc(-c3cccc(N)c3)no2)c1. The maximum atomic E-state index is 5.72. The molecule has 18 heavy (non-hydrogen) atoms. The molecule has 0 atom stereocenters. The van der Waals surface area contributed by atoms with Crippen molar-refractivity contribution in [2.24, 2.45) is 7.05 Å². The Kier molecular flexibility index (Phi) is 2.33. The quantitative estimate of drug-likeness (QED) is 0.691. The summed E-state index contributed by atoms with van der Waals surface area (Å²) < 4.78 is 7.00. The van der Waals surface area contributed by atoms with Crippen molar-refractivity contribution >= 4 is 5.69 Å². The van der Waals surface area contributed by atoms with E-state index in [0.717, 1.165) is 5.56 Å². The monoisotopic (exact) mass is 241 g/mol. The summed E-state index contributed by atoms with van der Waals surface area (Å²) in [4.78, 5) is 8.45. The van der Waals surface area contributed by atoms with Crippen molar-refractivity contribution in [3.8, 4) is 23.0 Å². The number of anilines is 1. The maximum absolute atomic E-state index is 5.72. The highest BCUT2D eigenvalue weighted by Gasteiger charge is 2.12. The average Bonchev–Trinajstić information content (AvgIpc) is 2.97. The van der Waals surface area contributed by atoms with Crippen molar-refractivity contribution in [3.63, 3.8) is 0 Å². The van der Waals surface area contributed by atoms with Gasteiger partial charge in [-0.3, -0.25) is 0 Å². The van der Waals surface area contributed by atoms with Crippen molar-refractivity contribution in [1.82, 2.24) is 19.7 Å². The van der Waals surface area contributed by atoms with Crippen molar-refractivity contribution in [2.45, 2.75) is 0 Å². The van der Waals surface area contributed by atoms with E-state index in [1.165, 1.54) is 0 Å². The molecule has 0 aliphatic heterocycles. The summed E-state index contributed by atoms with van der Waals surface area (Å²) in [6.45, 7) is 0. The molecular formula is C12H11N5O. The first kappa shape index (κ1) is 10.5. The molecule has 0 radical (unpaired) electrons. The molecule has 6 heteroatoms. The topological polar surface area (TPSA) is 82.8 Å². The molecule has 90 valence electrons. The van der Waals surface area contributed by atoms with Crippen LogP contribution < -0.4 is 5.73 Å². The molecule has 0 unspecified atom stereocenters. The van der Waals surface area contributed by atoms with Gasteiger partial charge in [0.2, 0.25) is 5.82 Å². The second kappa shape index (κ2) is 3.99. The molecule has 0 saturated carbocycles. The Morgan fingerprint density at radius 1 is 1.33 bits per heavy atom. The van der Waals surface area contributed by atoms with Gasteiger partial charge in [-0.15, -0.1) is 0 Å². The normalized spacial score (nSPS) is 10.7. The molecule has 0 aliphatic rings. The minimum absolute atomic E-state index is 0.396. The van der Waals surface area contributed by atoms with E-state index in [-0.39, 0.29) is 0 Å². The Balaban J connectivity index is 1.99. The first-order chi connectivity index (χ1) is 8.72. The lowest BCUT2D eigenvalue weighted by atomic mass is 10.2. The molecular weight excluding hydrogens is 230 g/mol. The number of imidazole rings is 1. The first-order valence-electron chi connectivity index (χ1n) is 5.40. The first-order valence-corrected chi connectivity index (χ1v) is 5.40. The van der Waals surface area contributed by atoms with Crippen molar-refractivity contribution in [3.05, 3.63) is 36.8 Å². The zero-order chi connectivity index (χ0) is 12.5. The summed E-state index contributed by atoms with van der Waals surface area (Å²) in [6, 6.07) is 7.33. The van der Waals surface area contributed by atoms with Gasteiger partial charge in [0.25, 0.3) is 5.89 Å². The molecule has 0 fully saturated rings. The zero-order valence-corrected chi connectivity index (χ0v) is 9.74. The number of rotatable bonds is 2. The summed E-state index contributed by atoms with van der Waals surface area (Å²) in [5.74, 6) is 0.899. The number of nitrogens with two attached hydrogens (primary N) is 1. The van der Waals surface area contributed by atoms with Crippen LogP contribution in [-0.2, 0) is 7.05 Å². The Morgan fingerprint density at radius 2 is 2.22 bits per heavy atom. The number of nitrogens with zero attached hydrogens (tertiary/aromatic N) is 4. The molecule has 1 aromatic carbocycles. The van der Waals surface area contributed by atoms with Gasteiger partial charge >= 0.3 is 0 Å². The number of benzene rings is 1. The lowest BCUT2D eigenvalue weighted by Gasteiger charge is -1.95. The lowest BCUT2D eigenvalue weighted by Crippen LogP contribution is -1.86. The number of aromatic nitrogens is 4. The highest BCUT2D eigenvalue weighted by Crippen LogP contribution is 2.21. The van der Waals surface area contributed by atoms with Crippen LogP contribution in [0.2, 0.25) is 0 Å². The molecule has 0 amide bonds. The second-order valence-electron chi connectivity index (χ2n) is 3.97. The Morgan fingerprint density at radius 3 is 2.94 bits per heavy atom. The van der Waals surface area contributed by atoms with Gasteiger partial charge in [-0.2, -0.15) is 4.98 Å². The van der Waals surface area contributed by atoms with Crippen LogP contribution in [-0.4, -0.2) is 19.7 Å². The molecule has 2 heterocycles. The molecule has 0 bridgehead atoms. The van der Waals surface area contributed by atoms with Gasteiger partial charge in [0, 0.05) is 24.5 Å². The highest BCUT2D eigenvalue weighted by atomic mass is 16.5. The summed E-state index contributed by atoms with van der Waals surface area (Å²) in [5.41, 5.74) is 7.85. The predicted molar refractivity (Wildman–Crippen MR) is 66.3 cm³/mol. The molecule has 0 saturated heterocycles. The van der Waals surface area contributed by atoms with Crippen LogP contribution in [0.4, 0.5) is 5.69 Å². The van der Waals surface area contributed by atoms with E-state index in [9.17, 15) is 0 Å². The van der Waals surface area contributed by atoms with Gasteiger partial charge in [-0.25, -0.2) is 4.98 Å². The summed E-state index contributed by atoms with van der Waals surface area (Å²) in [5, 5.41) is 3.92. The molecule has 2 N–H and O–H groups in total. The minimum Gasteiger partial charge on any atom is -0.399 e. The van der Waals surface area contributed by atoms with Gasteiger partial charge in [0.1, 0.15) is 5.69 Å². The number of aryl methyl sites for hydroxylation is 1. The van der Waals surface area contributed by atoms with Gasteiger partial charge in [0.15, 0.2) is 0 Å². The van der Waals surface area contributed by atoms with Crippen molar-refractivity contribution in [2.75, 3.05) is 5.73 Å². The largest absolute Gasteiger partial charge is 0.399 e. The van der Waals surface area contributed by atoms with Gasteiger partial charge in [-0.1, -0.05) is 17.3 Å². The molecule has 3 rings (SSSR count). The third-order valence-corrected chi connectivity index (χ3v) is 2.49. The fourth-order valence-electron chi connectivity index (χ4n) is 1.65. The van der Waals surface area contributed by atoms with Crippen LogP contribution in [0.15, 0.2) is 41.3 Å². The smallest absolute Gasteiger partial charge is 0.278 e. The maximum Gasteiger partial charge on any atom is 0.278 e. The van der Waals surface area contributed by atoms with Crippen molar-refractivity contribution < 1.29 is 4.52 Å². The number of nitrogen functional groups attached to an aromatic ring is 1. The van der Waals surface area contributed by atoms with Crippen LogP contribution in [0.25, 0.3) is 23.0 Å².